The summed E-state index contributed by atoms with van der Waals surface area (Å²) in [5.74, 6) is 0.344. The summed E-state index contributed by atoms with van der Waals surface area (Å²) in [6.07, 6.45) is 2.16. The van der Waals surface area contributed by atoms with E-state index < -0.39 is 0 Å². The van der Waals surface area contributed by atoms with E-state index in [1.54, 1.807) is 0 Å². The Labute approximate surface area is 137 Å². The van der Waals surface area contributed by atoms with Crippen LogP contribution in [0.5, 0.6) is 0 Å². The van der Waals surface area contributed by atoms with Gasteiger partial charge in [-0.1, -0.05) is 24.3 Å². The maximum absolute atomic E-state index is 12.4. The van der Waals surface area contributed by atoms with Gasteiger partial charge in [-0.05, 0) is 36.8 Å². The number of carbonyl (C=O) groups is 2. The summed E-state index contributed by atoms with van der Waals surface area (Å²) < 4.78 is 0. The van der Waals surface area contributed by atoms with Crippen molar-refractivity contribution in [3.8, 4) is 6.07 Å². The minimum absolute atomic E-state index is 0.0895. The number of nitrogens with one attached hydrogen (secondary N) is 1. The largest absolute Gasteiger partial charge is 0.355 e. The van der Waals surface area contributed by atoms with Crippen LogP contribution in [0.15, 0.2) is 24.3 Å². The summed E-state index contributed by atoms with van der Waals surface area (Å²) >= 11 is 0. The molecule has 1 aromatic rings. The molecule has 2 amide bonds. The quantitative estimate of drug-likeness (QED) is 0.901. The van der Waals surface area contributed by atoms with Crippen LogP contribution in [0.4, 0.5) is 0 Å². The first-order valence-electron chi connectivity index (χ1n) is 8.06. The first kappa shape index (κ1) is 17.0. The molecule has 1 aliphatic heterocycles. The minimum atomic E-state index is -0.217. The zero-order valence-electron chi connectivity index (χ0n) is 13.5. The lowest BCUT2D eigenvalue weighted by Gasteiger charge is -2.32. The van der Waals surface area contributed by atoms with E-state index in [0.29, 0.717) is 18.9 Å². The topological polar surface area (TPSA) is 73.2 Å². The molecule has 1 aliphatic rings. The number of rotatable bonds is 5. The molecule has 1 fully saturated rings. The molecule has 1 N–H and O–H groups in total. The van der Waals surface area contributed by atoms with Gasteiger partial charge in [0.05, 0.1) is 12.5 Å². The molecule has 0 radical (unpaired) electrons. The van der Waals surface area contributed by atoms with Gasteiger partial charge in [-0.25, -0.2) is 0 Å². The Hall–Kier alpha value is -2.35. The lowest BCUT2D eigenvalue weighted by molar-refractivity contribution is -0.132. The summed E-state index contributed by atoms with van der Waals surface area (Å²) in [6, 6.07) is 9.82. The molecule has 0 unspecified atom stereocenters. The summed E-state index contributed by atoms with van der Waals surface area (Å²) in [6.45, 7) is 4.10. The number of nitriles is 1. The van der Waals surface area contributed by atoms with Crippen LogP contribution >= 0.6 is 0 Å². The molecule has 122 valence electrons. The molecule has 5 heteroatoms. The van der Waals surface area contributed by atoms with Gasteiger partial charge in [-0.2, -0.15) is 5.26 Å². The van der Waals surface area contributed by atoms with Crippen LogP contribution in [-0.2, 0) is 16.0 Å². The molecule has 0 atom stereocenters. The van der Waals surface area contributed by atoms with Gasteiger partial charge in [0.1, 0.15) is 6.42 Å². The Balaban J connectivity index is 1.76. The highest BCUT2D eigenvalue weighted by Crippen LogP contribution is 2.18. The molecular formula is C18H23N3O2. The minimum Gasteiger partial charge on any atom is -0.355 e. The number of hydrogen-bond acceptors (Lipinski definition) is 3. The maximum atomic E-state index is 12.4. The molecule has 0 aliphatic carbocycles. The smallest absolute Gasteiger partial charge is 0.234 e. The molecule has 0 aromatic heterocycles. The highest BCUT2D eigenvalue weighted by Gasteiger charge is 2.23. The first-order valence-corrected chi connectivity index (χ1v) is 8.06. The maximum Gasteiger partial charge on any atom is 0.234 e. The zero-order valence-corrected chi connectivity index (χ0v) is 13.5. The van der Waals surface area contributed by atoms with Gasteiger partial charge < -0.3 is 10.2 Å². The third-order valence-corrected chi connectivity index (χ3v) is 4.40. The fourth-order valence-corrected chi connectivity index (χ4v) is 2.86. The second kappa shape index (κ2) is 8.33. The van der Waals surface area contributed by atoms with E-state index >= 15 is 0 Å². The number of nitrogens with zero attached hydrogens (tertiary/aromatic N) is 2. The van der Waals surface area contributed by atoms with Gasteiger partial charge in [0.25, 0.3) is 0 Å². The number of carbonyl (C=O) groups excluding carboxylic acids is 2. The average Bonchev–Trinajstić information content (AvgIpc) is 2.56. The second-order valence-corrected chi connectivity index (χ2v) is 6.07. The average molecular weight is 313 g/mol. The molecule has 5 nitrogen and oxygen atoms in total. The number of aryl methyl sites for hydroxylation is 1. The molecule has 1 saturated heterocycles. The number of likely N-dealkylation sites (tertiary alicyclic amines) is 1. The molecule has 0 bridgehead atoms. The second-order valence-electron chi connectivity index (χ2n) is 6.07. The normalized spacial score (nSPS) is 15.0. The summed E-state index contributed by atoms with van der Waals surface area (Å²) in [7, 11) is 0. The SMILES string of the molecule is Cc1ccccc1CC(=O)N1CCC(CNC(=O)CC#N)CC1. The molecule has 1 heterocycles. The summed E-state index contributed by atoms with van der Waals surface area (Å²) in [5.41, 5.74) is 2.24. The Morgan fingerprint density at radius 1 is 1.30 bits per heavy atom. The van der Waals surface area contributed by atoms with Crippen LogP contribution < -0.4 is 5.32 Å². The van der Waals surface area contributed by atoms with Crippen molar-refractivity contribution in [1.29, 1.82) is 5.26 Å². The number of hydrogen-bond donors (Lipinski definition) is 1. The predicted octanol–water partition coefficient (Wildman–Crippen LogP) is 1.81. The number of piperidine rings is 1. The van der Waals surface area contributed by atoms with Crippen LogP contribution in [0.2, 0.25) is 0 Å². The van der Waals surface area contributed by atoms with Crippen molar-refractivity contribution in [2.45, 2.75) is 32.6 Å². The van der Waals surface area contributed by atoms with E-state index in [0.717, 1.165) is 37.1 Å². The lowest BCUT2D eigenvalue weighted by Crippen LogP contribution is -2.42. The highest BCUT2D eigenvalue weighted by molar-refractivity contribution is 5.79. The van der Waals surface area contributed by atoms with Gasteiger partial charge in [0.15, 0.2) is 0 Å². The lowest BCUT2D eigenvalue weighted by atomic mass is 9.96. The standard InChI is InChI=1S/C18H23N3O2/c1-14-4-2-3-5-16(14)12-18(23)21-10-7-15(8-11-21)13-20-17(22)6-9-19/h2-5,15H,6-8,10-13H2,1H3,(H,20,22). The van der Waals surface area contributed by atoms with E-state index in [-0.39, 0.29) is 18.2 Å². The number of amides is 2. The predicted molar refractivity (Wildman–Crippen MR) is 87.4 cm³/mol. The van der Waals surface area contributed by atoms with Crippen LogP contribution in [-0.4, -0.2) is 36.3 Å². The zero-order chi connectivity index (χ0) is 16.7. The summed E-state index contributed by atoms with van der Waals surface area (Å²) in [4.78, 5) is 25.6. The van der Waals surface area contributed by atoms with Crippen LogP contribution in [0, 0.1) is 24.2 Å². The molecule has 0 saturated carbocycles. The van der Waals surface area contributed by atoms with E-state index in [2.05, 4.69) is 5.32 Å². The fourth-order valence-electron chi connectivity index (χ4n) is 2.86. The van der Waals surface area contributed by atoms with Crippen LogP contribution in [0.3, 0.4) is 0 Å². The van der Waals surface area contributed by atoms with Crippen molar-refractivity contribution in [2.75, 3.05) is 19.6 Å². The van der Waals surface area contributed by atoms with Crippen LogP contribution in [0.25, 0.3) is 0 Å². The highest BCUT2D eigenvalue weighted by atomic mass is 16.2. The fraction of sp³-hybridized carbons (Fsp3) is 0.500. The van der Waals surface area contributed by atoms with Crippen LogP contribution in [0.1, 0.15) is 30.4 Å². The first-order chi connectivity index (χ1) is 11.1. The van der Waals surface area contributed by atoms with Gasteiger partial charge in [0.2, 0.25) is 11.8 Å². The number of benzene rings is 1. The molecule has 0 spiro atoms. The van der Waals surface area contributed by atoms with Gasteiger partial charge >= 0.3 is 0 Å². The van der Waals surface area contributed by atoms with E-state index in [1.165, 1.54) is 0 Å². The van der Waals surface area contributed by atoms with E-state index in [4.69, 9.17) is 5.26 Å². The van der Waals surface area contributed by atoms with Crippen molar-refractivity contribution in [3.05, 3.63) is 35.4 Å². The molecular weight excluding hydrogens is 290 g/mol. The van der Waals surface area contributed by atoms with Crippen molar-refractivity contribution in [1.82, 2.24) is 10.2 Å². The van der Waals surface area contributed by atoms with E-state index in [9.17, 15) is 9.59 Å². The van der Waals surface area contributed by atoms with Gasteiger partial charge in [-0.15, -0.1) is 0 Å². The Morgan fingerprint density at radius 3 is 2.65 bits per heavy atom. The van der Waals surface area contributed by atoms with Crippen molar-refractivity contribution in [3.63, 3.8) is 0 Å². The Bertz CT molecular complexity index is 599. The van der Waals surface area contributed by atoms with Crippen molar-refractivity contribution in [2.24, 2.45) is 5.92 Å². The molecule has 1 aromatic carbocycles. The van der Waals surface area contributed by atoms with E-state index in [1.807, 2.05) is 42.2 Å². The Morgan fingerprint density at radius 2 is 2.00 bits per heavy atom. The van der Waals surface area contributed by atoms with Gasteiger partial charge in [-0.3, -0.25) is 9.59 Å². The van der Waals surface area contributed by atoms with Gasteiger partial charge in [0, 0.05) is 19.6 Å². The molecule has 2 rings (SSSR count). The van der Waals surface area contributed by atoms with Crippen molar-refractivity contribution < 1.29 is 9.59 Å². The van der Waals surface area contributed by atoms with Crippen molar-refractivity contribution >= 4 is 11.8 Å². The third kappa shape index (κ3) is 5.10. The monoisotopic (exact) mass is 313 g/mol. The third-order valence-electron chi connectivity index (χ3n) is 4.40. The summed E-state index contributed by atoms with van der Waals surface area (Å²) in [5, 5.41) is 11.2. The Kier molecular flexibility index (Phi) is 6.16. The molecule has 23 heavy (non-hydrogen) atoms.